The molecule has 10 heavy (non-hydrogen) atoms. The number of aliphatic hydroxyl groups is 2. The Bertz CT molecular complexity index is 233. The van der Waals surface area contributed by atoms with Gasteiger partial charge in [0.15, 0.2) is 11.5 Å². The van der Waals surface area contributed by atoms with E-state index in [1.165, 1.54) is 0 Å². The molecule has 0 fully saturated rings. The standard InChI is InChI=1S/C5H6O5/c6-1-3-4(2-7)10-5(8)9-3/h6-7H,1-2H2. The topological polar surface area (TPSA) is 83.8 Å². The first kappa shape index (κ1) is 7.04. The Morgan fingerprint density at radius 1 is 1.10 bits per heavy atom. The van der Waals surface area contributed by atoms with Crippen LogP contribution in [0.2, 0.25) is 0 Å². The summed E-state index contributed by atoms with van der Waals surface area (Å²) in [6.07, 6.45) is 0. The maximum absolute atomic E-state index is 10.3. The summed E-state index contributed by atoms with van der Waals surface area (Å²) >= 11 is 0. The molecule has 5 nitrogen and oxygen atoms in total. The smallest absolute Gasteiger partial charge is 0.393 e. The van der Waals surface area contributed by atoms with E-state index in [2.05, 4.69) is 8.83 Å². The van der Waals surface area contributed by atoms with Crippen LogP contribution in [-0.4, -0.2) is 10.2 Å². The average molecular weight is 146 g/mol. The molecule has 5 heteroatoms. The molecule has 0 aromatic carbocycles. The van der Waals surface area contributed by atoms with Crippen LogP contribution in [-0.2, 0) is 13.2 Å². The van der Waals surface area contributed by atoms with Gasteiger partial charge in [-0.25, -0.2) is 4.79 Å². The normalized spacial score (nSPS) is 10.2. The molecular weight excluding hydrogens is 140 g/mol. The van der Waals surface area contributed by atoms with Gasteiger partial charge in [0.1, 0.15) is 13.2 Å². The summed E-state index contributed by atoms with van der Waals surface area (Å²) in [5.74, 6) is -0.951. The van der Waals surface area contributed by atoms with E-state index in [-0.39, 0.29) is 11.5 Å². The predicted octanol–water partition coefficient (Wildman–Crippen LogP) is -0.783. The van der Waals surface area contributed by atoms with E-state index in [0.29, 0.717) is 0 Å². The first-order chi connectivity index (χ1) is 4.77. The Hall–Kier alpha value is -1.07. The molecule has 0 aliphatic rings. The highest BCUT2D eigenvalue weighted by Crippen LogP contribution is 2.05. The van der Waals surface area contributed by atoms with Gasteiger partial charge in [0.2, 0.25) is 0 Å². The fourth-order valence-electron chi connectivity index (χ4n) is 0.577. The van der Waals surface area contributed by atoms with Gasteiger partial charge in [0, 0.05) is 0 Å². The van der Waals surface area contributed by atoms with Gasteiger partial charge < -0.3 is 19.0 Å². The minimum absolute atomic E-state index is 0.0208. The Morgan fingerprint density at radius 2 is 1.50 bits per heavy atom. The number of hydrogen-bond acceptors (Lipinski definition) is 5. The summed E-state index contributed by atoms with van der Waals surface area (Å²) in [5, 5.41) is 16.9. The van der Waals surface area contributed by atoms with Crippen LogP contribution in [0.1, 0.15) is 11.5 Å². The first-order valence-electron chi connectivity index (χ1n) is 2.61. The third-order valence-corrected chi connectivity index (χ3v) is 1.01. The summed E-state index contributed by atoms with van der Waals surface area (Å²) in [6, 6.07) is 0. The molecule has 1 aromatic rings. The van der Waals surface area contributed by atoms with Crippen molar-refractivity contribution in [1.82, 2.24) is 0 Å². The number of hydrogen-bond donors (Lipinski definition) is 2. The molecule has 56 valence electrons. The second-order valence-corrected chi connectivity index (χ2v) is 1.62. The van der Waals surface area contributed by atoms with Crippen molar-refractivity contribution in [2.24, 2.45) is 0 Å². The number of aliphatic hydroxyl groups excluding tert-OH is 2. The summed E-state index contributed by atoms with van der Waals surface area (Å²) in [5.41, 5.74) is 0. The van der Waals surface area contributed by atoms with Crippen LogP contribution in [0.25, 0.3) is 0 Å². The summed E-state index contributed by atoms with van der Waals surface area (Å²) < 4.78 is 8.64. The Morgan fingerprint density at radius 3 is 1.80 bits per heavy atom. The van der Waals surface area contributed by atoms with Gasteiger partial charge in [-0.15, -0.1) is 0 Å². The van der Waals surface area contributed by atoms with Crippen molar-refractivity contribution in [3.05, 3.63) is 22.1 Å². The van der Waals surface area contributed by atoms with Crippen molar-refractivity contribution in [3.63, 3.8) is 0 Å². The fraction of sp³-hybridized carbons (Fsp3) is 0.400. The molecule has 0 radical (unpaired) electrons. The highest BCUT2D eigenvalue weighted by Gasteiger charge is 2.09. The lowest BCUT2D eigenvalue weighted by Gasteiger charge is -1.86. The van der Waals surface area contributed by atoms with Crippen molar-refractivity contribution in [2.75, 3.05) is 0 Å². The predicted molar refractivity (Wildman–Crippen MR) is 29.1 cm³/mol. The molecule has 0 saturated carbocycles. The van der Waals surface area contributed by atoms with Crippen molar-refractivity contribution in [3.8, 4) is 0 Å². The van der Waals surface area contributed by atoms with Crippen LogP contribution in [0.15, 0.2) is 13.6 Å². The molecule has 0 spiro atoms. The molecule has 1 aromatic heterocycles. The zero-order valence-electron chi connectivity index (χ0n) is 5.03. The van der Waals surface area contributed by atoms with E-state index >= 15 is 0 Å². The van der Waals surface area contributed by atoms with Gasteiger partial charge in [-0.05, 0) is 0 Å². The van der Waals surface area contributed by atoms with E-state index < -0.39 is 19.0 Å². The van der Waals surface area contributed by atoms with Crippen LogP contribution >= 0.6 is 0 Å². The van der Waals surface area contributed by atoms with Gasteiger partial charge in [-0.3, -0.25) is 0 Å². The fourth-order valence-corrected chi connectivity index (χ4v) is 0.577. The molecule has 0 aliphatic heterocycles. The zero-order valence-corrected chi connectivity index (χ0v) is 5.03. The first-order valence-corrected chi connectivity index (χ1v) is 2.61. The van der Waals surface area contributed by atoms with Crippen LogP contribution in [0, 0.1) is 0 Å². The van der Waals surface area contributed by atoms with Gasteiger partial charge >= 0.3 is 5.82 Å². The molecule has 2 N–H and O–H groups in total. The van der Waals surface area contributed by atoms with Crippen LogP contribution in [0.4, 0.5) is 0 Å². The molecule has 0 amide bonds. The molecule has 1 heterocycles. The van der Waals surface area contributed by atoms with Gasteiger partial charge in [0.05, 0.1) is 0 Å². The molecule has 0 atom stereocenters. The third-order valence-electron chi connectivity index (χ3n) is 1.01. The Balaban J connectivity index is 3.08. The molecule has 0 unspecified atom stereocenters. The van der Waals surface area contributed by atoms with Crippen LogP contribution < -0.4 is 5.82 Å². The SMILES string of the molecule is O=c1oc(CO)c(CO)o1. The second-order valence-electron chi connectivity index (χ2n) is 1.62. The lowest BCUT2D eigenvalue weighted by molar-refractivity contribution is 0.225. The summed E-state index contributed by atoms with van der Waals surface area (Å²) in [4.78, 5) is 10.3. The second kappa shape index (κ2) is 2.68. The van der Waals surface area contributed by atoms with Gasteiger partial charge in [-0.2, -0.15) is 0 Å². The molecule has 1 rings (SSSR count). The highest BCUT2D eigenvalue weighted by atomic mass is 16.6. The van der Waals surface area contributed by atoms with E-state index in [9.17, 15) is 4.79 Å². The lowest BCUT2D eigenvalue weighted by atomic mass is 10.4. The third kappa shape index (κ3) is 1.09. The monoisotopic (exact) mass is 146 g/mol. The molecule has 0 aliphatic carbocycles. The lowest BCUT2D eigenvalue weighted by Crippen LogP contribution is -1.86. The number of rotatable bonds is 2. The largest absolute Gasteiger partial charge is 0.519 e. The van der Waals surface area contributed by atoms with E-state index in [4.69, 9.17) is 10.2 Å². The minimum atomic E-state index is -0.909. The van der Waals surface area contributed by atoms with Crippen molar-refractivity contribution in [2.45, 2.75) is 13.2 Å². The summed E-state index contributed by atoms with van der Waals surface area (Å²) in [6.45, 7) is -0.886. The maximum Gasteiger partial charge on any atom is 0.519 e. The Labute approximate surface area is 55.5 Å². The minimum Gasteiger partial charge on any atom is -0.393 e. The van der Waals surface area contributed by atoms with Crippen LogP contribution in [0.3, 0.4) is 0 Å². The average Bonchev–Trinajstić information content (AvgIpc) is 2.30. The highest BCUT2D eigenvalue weighted by molar-refractivity contribution is 4.99. The summed E-state index contributed by atoms with van der Waals surface area (Å²) in [7, 11) is 0. The maximum atomic E-state index is 10.3. The van der Waals surface area contributed by atoms with Crippen molar-refractivity contribution >= 4 is 0 Å². The van der Waals surface area contributed by atoms with Gasteiger partial charge in [-0.1, -0.05) is 0 Å². The van der Waals surface area contributed by atoms with E-state index in [0.717, 1.165) is 0 Å². The van der Waals surface area contributed by atoms with E-state index in [1.807, 2.05) is 0 Å². The Kier molecular flexibility index (Phi) is 1.88. The van der Waals surface area contributed by atoms with Crippen molar-refractivity contribution < 1.29 is 19.0 Å². The zero-order chi connectivity index (χ0) is 7.56. The quantitative estimate of drug-likeness (QED) is 0.571. The van der Waals surface area contributed by atoms with E-state index in [1.54, 1.807) is 0 Å². The molecule has 0 saturated heterocycles. The molecular formula is C5H6O5. The van der Waals surface area contributed by atoms with Crippen LogP contribution in [0.5, 0.6) is 0 Å². The van der Waals surface area contributed by atoms with Crippen molar-refractivity contribution in [1.29, 1.82) is 0 Å². The molecule has 0 bridgehead atoms. The van der Waals surface area contributed by atoms with Gasteiger partial charge in [0.25, 0.3) is 0 Å².